The summed E-state index contributed by atoms with van der Waals surface area (Å²) in [4.78, 5) is 2.25. The molecule has 0 aliphatic heterocycles. The molecule has 0 atom stereocenters. The van der Waals surface area contributed by atoms with Crippen molar-refractivity contribution >= 4 is 21.6 Å². The maximum atomic E-state index is 13.1. The third kappa shape index (κ3) is 7.16. The predicted molar refractivity (Wildman–Crippen MR) is 92.9 cm³/mol. The molecule has 0 fully saturated rings. The van der Waals surface area contributed by atoms with Crippen LogP contribution in [-0.4, -0.2) is 39.5 Å². The van der Waals surface area contributed by atoms with E-state index < -0.39 is 15.8 Å². The van der Waals surface area contributed by atoms with Crippen LogP contribution >= 0.6 is 11.6 Å². The third-order valence-electron chi connectivity index (χ3n) is 3.58. The standard InChI is InChI=1S/C16H26ClFN2O2S/c1-3-5-10-20(11-6-4-2)12-9-19-23(21,22)14-7-8-16(18)15(17)13-14/h7-8,13,19H,3-6,9-12H2,1-2H3. The van der Waals surface area contributed by atoms with Crippen molar-refractivity contribution < 1.29 is 12.8 Å². The fourth-order valence-electron chi connectivity index (χ4n) is 2.16. The third-order valence-corrected chi connectivity index (χ3v) is 5.33. The fraction of sp³-hybridized carbons (Fsp3) is 0.625. The van der Waals surface area contributed by atoms with Gasteiger partial charge in [0.05, 0.1) is 9.92 Å². The summed E-state index contributed by atoms with van der Waals surface area (Å²) >= 11 is 5.64. The molecule has 1 aromatic rings. The van der Waals surface area contributed by atoms with E-state index in [-0.39, 0.29) is 9.92 Å². The zero-order valence-corrected chi connectivity index (χ0v) is 15.4. The van der Waals surface area contributed by atoms with Crippen molar-refractivity contribution in [1.29, 1.82) is 0 Å². The molecule has 0 aliphatic rings. The lowest BCUT2D eigenvalue weighted by molar-refractivity contribution is 0.269. The summed E-state index contributed by atoms with van der Waals surface area (Å²) < 4.78 is 40.1. The van der Waals surface area contributed by atoms with Crippen molar-refractivity contribution in [3.8, 4) is 0 Å². The molecule has 0 unspecified atom stereocenters. The maximum Gasteiger partial charge on any atom is 0.240 e. The van der Waals surface area contributed by atoms with Crippen molar-refractivity contribution in [3.05, 3.63) is 29.0 Å². The van der Waals surface area contributed by atoms with Gasteiger partial charge in [-0.1, -0.05) is 38.3 Å². The molecule has 7 heteroatoms. The molecule has 23 heavy (non-hydrogen) atoms. The predicted octanol–water partition coefficient (Wildman–Crippen LogP) is 3.66. The highest BCUT2D eigenvalue weighted by molar-refractivity contribution is 7.89. The van der Waals surface area contributed by atoms with Crippen molar-refractivity contribution in [1.82, 2.24) is 9.62 Å². The van der Waals surface area contributed by atoms with Gasteiger partial charge in [0.15, 0.2) is 0 Å². The second-order valence-electron chi connectivity index (χ2n) is 5.52. The van der Waals surface area contributed by atoms with Crippen LogP contribution in [0.5, 0.6) is 0 Å². The Balaban J connectivity index is 2.57. The second-order valence-corrected chi connectivity index (χ2v) is 7.70. The van der Waals surface area contributed by atoms with E-state index in [1.165, 1.54) is 6.07 Å². The van der Waals surface area contributed by atoms with Crippen LogP contribution in [0.15, 0.2) is 23.1 Å². The molecule has 0 aromatic heterocycles. The van der Waals surface area contributed by atoms with E-state index in [4.69, 9.17) is 11.6 Å². The van der Waals surface area contributed by atoms with Crippen LogP contribution in [0.3, 0.4) is 0 Å². The monoisotopic (exact) mass is 364 g/mol. The summed E-state index contributed by atoms with van der Waals surface area (Å²) in [5.74, 6) is -0.629. The molecule has 1 rings (SSSR count). The van der Waals surface area contributed by atoms with Gasteiger partial charge in [-0.15, -0.1) is 0 Å². The number of unbranched alkanes of at least 4 members (excludes halogenated alkanes) is 2. The van der Waals surface area contributed by atoms with Crippen molar-refractivity contribution in [2.24, 2.45) is 0 Å². The lowest BCUT2D eigenvalue weighted by Crippen LogP contribution is -2.36. The zero-order chi connectivity index (χ0) is 17.3. The van der Waals surface area contributed by atoms with Crippen LogP contribution in [0.25, 0.3) is 0 Å². The van der Waals surface area contributed by atoms with Crippen LogP contribution in [-0.2, 0) is 10.0 Å². The van der Waals surface area contributed by atoms with Gasteiger partial charge < -0.3 is 4.90 Å². The summed E-state index contributed by atoms with van der Waals surface area (Å²) in [7, 11) is -3.66. The first-order chi connectivity index (χ1) is 10.9. The Morgan fingerprint density at radius 3 is 2.26 bits per heavy atom. The largest absolute Gasteiger partial charge is 0.302 e. The van der Waals surface area contributed by atoms with Gasteiger partial charge in [0.2, 0.25) is 10.0 Å². The number of hydrogen-bond donors (Lipinski definition) is 1. The summed E-state index contributed by atoms with van der Waals surface area (Å²) in [5.41, 5.74) is 0. The Labute approximate surface area is 144 Å². The Morgan fingerprint density at radius 1 is 1.13 bits per heavy atom. The molecule has 0 aliphatic carbocycles. The summed E-state index contributed by atoms with van der Waals surface area (Å²) in [6, 6.07) is 3.41. The number of rotatable bonds is 11. The van der Waals surface area contributed by atoms with Crippen LogP contribution in [0.4, 0.5) is 4.39 Å². The normalized spacial score (nSPS) is 12.0. The van der Waals surface area contributed by atoms with Crippen molar-refractivity contribution in [2.45, 2.75) is 44.4 Å². The first-order valence-electron chi connectivity index (χ1n) is 8.07. The van der Waals surface area contributed by atoms with Gasteiger partial charge in [0, 0.05) is 13.1 Å². The Morgan fingerprint density at radius 2 is 1.74 bits per heavy atom. The molecule has 0 bridgehead atoms. The number of nitrogens with zero attached hydrogens (tertiary/aromatic N) is 1. The maximum absolute atomic E-state index is 13.1. The molecule has 0 amide bonds. The van der Waals surface area contributed by atoms with Gasteiger partial charge in [-0.05, 0) is 44.1 Å². The van der Waals surface area contributed by atoms with Crippen LogP contribution in [0.1, 0.15) is 39.5 Å². The smallest absolute Gasteiger partial charge is 0.240 e. The van der Waals surface area contributed by atoms with Gasteiger partial charge in [0.25, 0.3) is 0 Å². The minimum Gasteiger partial charge on any atom is -0.302 e. The SMILES string of the molecule is CCCCN(CCCC)CCNS(=O)(=O)c1ccc(F)c(Cl)c1. The molecule has 4 nitrogen and oxygen atoms in total. The molecule has 0 heterocycles. The van der Waals surface area contributed by atoms with E-state index in [1.54, 1.807) is 0 Å². The average Bonchev–Trinajstić information content (AvgIpc) is 2.51. The number of hydrogen-bond acceptors (Lipinski definition) is 3. The number of sulfonamides is 1. The summed E-state index contributed by atoms with van der Waals surface area (Å²) in [5, 5.41) is -0.194. The molecular formula is C16H26ClFN2O2S. The lowest BCUT2D eigenvalue weighted by Gasteiger charge is -2.22. The van der Waals surface area contributed by atoms with E-state index in [9.17, 15) is 12.8 Å². The first kappa shape index (κ1) is 20.4. The number of halogens is 2. The van der Waals surface area contributed by atoms with Crippen molar-refractivity contribution in [2.75, 3.05) is 26.2 Å². The summed E-state index contributed by atoms with van der Waals surface area (Å²) in [6.07, 6.45) is 4.43. The molecule has 1 aromatic carbocycles. The van der Waals surface area contributed by atoms with E-state index in [1.807, 2.05) is 0 Å². The second kappa shape index (κ2) is 10.2. The minimum atomic E-state index is -3.66. The molecule has 0 spiro atoms. The highest BCUT2D eigenvalue weighted by Gasteiger charge is 2.16. The van der Waals surface area contributed by atoms with Gasteiger partial charge in [-0.2, -0.15) is 0 Å². The molecule has 0 saturated carbocycles. The van der Waals surface area contributed by atoms with Crippen LogP contribution in [0, 0.1) is 5.82 Å². The molecule has 1 N–H and O–H groups in total. The molecular weight excluding hydrogens is 339 g/mol. The number of nitrogens with one attached hydrogen (secondary N) is 1. The van der Waals surface area contributed by atoms with E-state index in [2.05, 4.69) is 23.5 Å². The highest BCUT2D eigenvalue weighted by atomic mass is 35.5. The summed E-state index contributed by atoms with van der Waals surface area (Å²) in [6.45, 7) is 7.21. The van der Waals surface area contributed by atoms with Gasteiger partial charge in [0.1, 0.15) is 5.82 Å². The van der Waals surface area contributed by atoms with Gasteiger partial charge >= 0.3 is 0 Å². The molecule has 0 radical (unpaired) electrons. The topological polar surface area (TPSA) is 49.4 Å². The molecule has 132 valence electrons. The highest BCUT2D eigenvalue weighted by Crippen LogP contribution is 2.19. The van der Waals surface area contributed by atoms with Gasteiger partial charge in [-0.25, -0.2) is 17.5 Å². The molecule has 0 saturated heterocycles. The quantitative estimate of drug-likeness (QED) is 0.652. The van der Waals surface area contributed by atoms with Gasteiger partial charge in [-0.3, -0.25) is 0 Å². The lowest BCUT2D eigenvalue weighted by atomic mass is 10.2. The number of benzene rings is 1. The first-order valence-corrected chi connectivity index (χ1v) is 9.94. The Kier molecular flexibility index (Phi) is 9.06. The van der Waals surface area contributed by atoms with Crippen molar-refractivity contribution in [3.63, 3.8) is 0 Å². The van der Waals surface area contributed by atoms with E-state index in [0.717, 1.165) is 50.9 Å². The van der Waals surface area contributed by atoms with E-state index in [0.29, 0.717) is 13.1 Å². The van der Waals surface area contributed by atoms with E-state index >= 15 is 0 Å². The Hall–Kier alpha value is -0.690. The Bertz CT molecular complexity index is 573. The zero-order valence-electron chi connectivity index (χ0n) is 13.8. The fourth-order valence-corrected chi connectivity index (χ4v) is 3.46. The average molecular weight is 365 g/mol. The minimum absolute atomic E-state index is 0.0161. The van der Waals surface area contributed by atoms with Crippen LogP contribution < -0.4 is 4.72 Å². The van der Waals surface area contributed by atoms with Crippen LogP contribution in [0.2, 0.25) is 5.02 Å².